The number of esters is 2. The van der Waals surface area contributed by atoms with Gasteiger partial charge in [0.15, 0.2) is 0 Å². The van der Waals surface area contributed by atoms with Crippen molar-refractivity contribution in [2.24, 2.45) is 11.8 Å². The fraction of sp³-hybridized carbons (Fsp3) is 0.938. The van der Waals surface area contributed by atoms with Crippen LogP contribution >= 0.6 is 0 Å². The Balaban J connectivity index is 1.18. The summed E-state index contributed by atoms with van der Waals surface area (Å²) in [5.74, 6) is -1.08. The summed E-state index contributed by atoms with van der Waals surface area (Å²) < 4.78 is 22.7. The normalized spacial score (nSPS) is 28.2. The summed E-state index contributed by atoms with van der Waals surface area (Å²) in [5.41, 5.74) is 0. The number of hydrogen-bond acceptors (Lipinski definition) is 6. The van der Waals surface area contributed by atoms with Gasteiger partial charge in [0.05, 0.1) is 49.5 Å². The number of ether oxygens (including phenoxy) is 4. The summed E-state index contributed by atoms with van der Waals surface area (Å²) in [5, 5.41) is 0. The molecule has 2 saturated heterocycles. The quantitative estimate of drug-likeness (QED) is 0.0801. The van der Waals surface area contributed by atoms with Gasteiger partial charge < -0.3 is 18.9 Å². The summed E-state index contributed by atoms with van der Waals surface area (Å²) >= 11 is 0. The second kappa shape index (κ2) is 18.3. The van der Waals surface area contributed by atoms with Crippen LogP contribution in [0.15, 0.2) is 0 Å². The molecule has 38 heavy (non-hydrogen) atoms. The smallest absolute Gasteiger partial charge is 0.309 e. The van der Waals surface area contributed by atoms with E-state index in [-0.39, 0.29) is 23.8 Å². The number of unbranched alkanes of at least 4 members (excludes halogenated alkanes) is 8. The summed E-state index contributed by atoms with van der Waals surface area (Å²) in [6, 6.07) is 0. The Kier molecular flexibility index (Phi) is 15.1. The van der Waals surface area contributed by atoms with Crippen LogP contribution in [-0.4, -0.2) is 49.6 Å². The maximum absolute atomic E-state index is 12.8. The topological polar surface area (TPSA) is 77.7 Å². The van der Waals surface area contributed by atoms with Gasteiger partial charge in [-0.1, -0.05) is 78.1 Å². The molecule has 2 aliphatic heterocycles. The predicted molar refractivity (Wildman–Crippen MR) is 150 cm³/mol. The van der Waals surface area contributed by atoms with E-state index < -0.39 is 0 Å². The minimum absolute atomic E-state index is 0.203. The average Bonchev–Trinajstić information content (AvgIpc) is 3.85. The van der Waals surface area contributed by atoms with Crippen LogP contribution in [-0.2, 0) is 28.5 Å². The molecule has 0 bridgehead atoms. The monoisotopic (exact) mass is 536 g/mol. The van der Waals surface area contributed by atoms with Crippen molar-refractivity contribution in [1.29, 1.82) is 0 Å². The highest BCUT2D eigenvalue weighted by atomic mass is 16.6. The third-order valence-electron chi connectivity index (χ3n) is 8.69. The van der Waals surface area contributed by atoms with Gasteiger partial charge >= 0.3 is 11.9 Å². The molecular weight excluding hydrogens is 480 g/mol. The van der Waals surface area contributed by atoms with E-state index >= 15 is 0 Å². The molecule has 6 heteroatoms. The molecule has 2 heterocycles. The van der Waals surface area contributed by atoms with Crippen molar-refractivity contribution in [3.63, 3.8) is 0 Å². The van der Waals surface area contributed by atoms with Crippen molar-refractivity contribution in [2.45, 2.75) is 167 Å². The van der Waals surface area contributed by atoms with Crippen molar-refractivity contribution < 1.29 is 28.5 Å². The van der Waals surface area contributed by atoms with E-state index in [1.807, 2.05) is 0 Å². The van der Waals surface area contributed by atoms with Crippen molar-refractivity contribution >= 4 is 11.9 Å². The standard InChI is InChI=1S/C32H56O6/c1-3-5-9-19-27-29(37-27)21-11-7-15-23-35-31(33)25-17-13-14-18-26(25)32(34)36-24-16-8-12-22-30-28(38-30)20-10-6-4-2/h25-30H,3-24H2,1-2H3. The van der Waals surface area contributed by atoms with Gasteiger partial charge in [-0.05, 0) is 64.2 Å². The molecule has 3 fully saturated rings. The molecule has 3 aliphatic rings. The van der Waals surface area contributed by atoms with Crippen molar-refractivity contribution in [3.8, 4) is 0 Å². The maximum atomic E-state index is 12.8. The second-order valence-corrected chi connectivity index (χ2v) is 11.9. The molecule has 0 aromatic carbocycles. The molecule has 1 aliphatic carbocycles. The molecule has 220 valence electrons. The van der Waals surface area contributed by atoms with E-state index in [9.17, 15) is 9.59 Å². The molecule has 0 aromatic rings. The first-order valence-electron chi connectivity index (χ1n) is 16.3. The fourth-order valence-electron chi connectivity index (χ4n) is 6.07. The van der Waals surface area contributed by atoms with Crippen molar-refractivity contribution in [1.82, 2.24) is 0 Å². The Hall–Kier alpha value is -1.14. The molecule has 6 unspecified atom stereocenters. The van der Waals surface area contributed by atoms with Crippen LogP contribution in [0.1, 0.15) is 142 Å². The summed E-state index contributed by atoms with van der Waals surface area (Å²) in [7, 11) is 0. The van der Waals surface area contributed by atoms with Crippen LogP contribution in [0.3, 0.4) is 0 Å². The molecule has 0 radical (unpaired) electrons. The van der Waals surface area contributed by atoms with Gasteiger partial charge in [-0.25, -0.2) is 0 Å². The lowest BCUT2D eigenvalue weighted by molar-refractivity contribution is -0.163. The van der Waals surface area contributed by atoms with Gasteiger partial charge in [0, 0.05) is 0 Å². The SMILES string of the molecule is CCCCCC1OC1CCCCCOC(=O)C1CCCCC1C(=O)OCCCCCC1OC1CCCCC. The molecule has 1 saturated carbocycles. The number of carbonyl (C=O) groups is 2. The summed E-state index contributed by atoms with van der Waals surface area (Å²) in [6.07, 6.45) is 23.8. The third-order valence-corrected chi connectivity index (χ3v) is 8.69. The fourth-order valence-corrected chi connectivity index (χ4v) is 6.07. The summed E-state index contributed by atoms with van der Waals surface area (Å²) in [6.45, 7) is 5.37. The molecule has 3 rings (SSSR count). The Labute approximate surface area is 232 Å². The first-order chi connectivity index (χ1) is 18.6. The van der Waals surface area contributed by atoms with E-state index in [1.165, 1.54) is 51.4 Å². The Bertz CT molecular complexity index is 610. The number of carbonyl (C=O) groups excluding carboxylic acids is 2. The molecule has 6 nitrogen and oxygen atoms in total. The van der Waals surface area contributed by atoms with Crippen molar-refractivity contribution in [3.05, 3.63) is 0 Å². The highest BCUT2D eigenvalue weighted by Gasteiger charge is 2.39. The first kappa shape index (κ1) is 31.4. The van der Waals surface area contributed by atoms with Crippen LogP contribution in [0.4, 0.5) is 0 Å². The Morgan fingerprint density at radius 1 is 0.553 bits per heavy atom. The minimum Gasteiger partial charge on any atom is -0.465 e. The van der Waals surface area contributed by atoms with Gasteiger partial charge in [0.2, 0.25) is 0 Å². The zero-order valence-electron chi connectivity index (χ0n) is 24.5. The lowest BCUT2D eigenvalue weighted by Crippen LogP contribution is -2.35. The van der Waals surface area contributed by atoms with Crippen LogP contribution < -0.4 is 0 Å². The Morgan fingerprint density at radius 2 is 0.921 bits per heavy atom. The van der Waals surface area contributed by atoms with E-state index in [4.69, 9.17) is 18.9 Å². The van der Waals surface area contributed by atoms with E-state index in [2.05, 4.69) is 13.8 Å². The minimum atomic E-state index is -0.336. The number of rotatable bonds is 22. The van der Waals surface area contributed by atoms with Gasteiger partial charge in [0.1, 0.15) is 0 Å². The molecule has 6 atom stereocenters. The van der Waals surface area contributed by atoms with Gasteiger partial charge in [0.25, 0.3) is 0 Å². The molecule has 0 amide bonds. The largest absolute Gasteiger partial charge is 0.465 e. The maximum Gasteiger partial charge on any atom is 0.309 e. The highest BCUT2D eigenvalue weighted by Crippen LogP contribution is 2.34. The van der Waals surface area contributed by atoms with E-state index in [1.54, 1.807) is 0 Å². The summed E-state index contributed by atoms with van der Waals surface area (Å²) in [4.78, 5) is 25.5. The second-order valence-electron chi connectivity index (χ2n) is 11.9. The number of hydrogen-bond donors (Lipinski definition) is 0. The third kappa shape index (κ3) is 11.9. The zero-order valence-corrected chi connectivity index (χ0v) is 24.5. The number of epoxide rings is 2. The van der Waals surface area contributed by atoms with Gasteiger partial charge in [-0.3, -0.25) is 9.59 Å². The average molecular weight is 537 g/mol. The Morgan fingerprint density at radius 3 is 1.29 bits per heavy atom. The highest BCUT2D eigenvalue weighted by molar-refractivity contribution is 5.82. The molecule has 0 N–H and O–H groups in total. The van der Waals surface area contributed by atoms with E-state index in [0.717, 1.165) is 77.0 Å². The van der Waals surface area contributed by atoms with E-state index in [0.29, 0.717) is 37.6 Å². The van der Waals surface area contributed by atoms with Crippen molar-refractivity contribution in [2.75, 3.05) is 13.2 Å². The van der Waals surface area contributed by atoms with Crippen LogP contribution in [0, 0.1) is 11.8 Å². The molecular formula is C32H56O6. The van der Waals surface area contributed by atoms with Crippen LogP contribution in [0.5, 0.6) is 0 Å². The van der Waals surface area contributed by atoms with Crippen LogP contribution in [0.25, 0.3) is 0 Å². The molecule has 0 aromatic heterocycles. The molecule has 0 spiro atoms. The van der Waals surface area contributed by atoms with Crippen LogP contribution in [0.2, 0.25) is 0 Å². The lowest BCUT2D eigenvalue weighted by atomic mass is 9.79. The van der Waals surface area contributed by atoms with Gasteiger partial charge in [-0.15, -0.1) is 0 Å². The predicted octanol–water partition coefficient (Wildman–Crippen LogP) is 7.70. The lowest BCUT2D eigenvalue weighted by Gasteiger charge is -2.28. The zero-order chi connectivity index (χ0) is 27.0. The first-order valence-corrected chi connectivity index (χ1v) is 16.3. The van der Waals surface area contributed by atoms with Gasteiger partial charge in [-0.2, -0.15) is 0 Å².